The van der Waals surface area contributed by atoms with E-state index >= 15 is 0 Å². The van der Waals surface area contributed by atoms with Crippen molar-refractivity contribution in [2.75, 3.05) is 45.1 Å². The molecule has 0 unspecified atom stereocenters. The van der Waals surface area contributed by atoms with Gasteiger partial charge < -0.3 is 14.5 Å². The number of nitrogens with one attached hydrogen (secondary N) is 1. The highest BCUT2D eigenvalue weighted by molar-refractivity contribution is 7.92. The molecule has 0 spiro atoms. The fourth-order valence-corrected chi connectivity index (χ4v) is 3.97. The minimum absolute atomic E-state index is 0.0364. The first kappa shape index (κ1) is 20.1. The second-order valence-corrected chi connectivity index (χ2v) is 8.26. The van der Waals surface area contributed by atoms with Crippen LogP contribution < -0.4 is 9.46 Å². The van der Waals surface area contributed by atoms with Crippen LogP contribution >= 0.6 is 0 Å². The van der Waals surface area contributed by atoms with Gasteiger partial charge >= 0.3 is 0 Å². The zero-order chi connectivity index (χ0) is 20.3. The summed E-state index contributed by atoms with van der Waals surface area (Å²) in [6.45, 7) is 2.96. The Hall–Kier alpha value is -2.65. The van der Waals surface area contributed by atoms with Gasteiger partial charge in [-0.1, -0.05) is 0 Å². The van der Waals surface area contributed by atoms with Crippen LogP contribution in [0.15, 0.2) is 47.4 Å². The molecule has 7 nitrogen and oxygen atoms in total. The minimum atomic E-state index is -3.97. The molecule has 2 aromatic carbocycles. The number of sulfonamides is 1. The largest absolute Gasteiger partial charge is 0.494 e. The maximum absolute atomic E-state index is 13.8. The number of rotatable bonds is 5. The molecule has 1 amide bonds. The summed E-state index contributed by atoms with van der Waals surface area (Å²) in [6, 6.07) is 9.59. The van der Waals surface area contributed by atoms with Crippen LogP contribution in [0, 0.1) is 5.82 Å². The van der Waals surface area contributed by atoms with E-state index in [9.17, 15) is 17.6 Å². The van der Waals surface area contributed by atoms with Crippen molar-refractivity contribution in [1.29, 1.82) is 0 Å². The number of carbonyl (C=O) groups excluding carboxylic acids is 1. The third kappa shape index (κ3) is 4.42. The molecule has 0 atom stereocenters. The van der Waals surface area contributed by atoms with Crippen LogP contribution in [-0.4, -0.2) is 64.5 Å². The Kier molecular flexibility index (Phi) is 5.85. The molecule has 1 saturated heterocycles. The van der Waals surface area contributed by atoms with Gasteiger partial charge in [-0.3, -0.25) is 9.52 Å². The normalized spacial score (nSPS) is 15.3. The van der Waals surface area contributed by atoms with Crippen LogP contribution in [0.2, 0.25) is 0 Å². The number of piperazine rings is 1. The third-order valence-corrected chi connectivity index (χ3v) is 5.99. The Bertz CT molecular complexity index is 956. The van der Waals surface area contributed by atoms with Gasteiger partial charge in [0.25, 0.3) is 15.9 Å². The molecule has 2 aromatic rings. The summed E-state index contributed by atoms with van der Waals surface area (Å²) in [5, 5.41) is 0. The summed E-state index contributed by atoms with van der Waals surface area (Å²) in [6.07, 6.45) is 0. The van der Waals surface area contributed by atoms with E-state index in [2.05, 4.69) is 9.62 Å². The van der Waals surface area contributed by atoms with Crippen molar-refractivity contribution in [3.05, 3.63) is 53.8 Å². The Morgan fingerprint density at radius 2 is 1.71 bits per heavy atom. The molecule has 150 valence electrons. The SMILES string of the molecule is COc1ccc(S(=O)(=O)Nc2ccc(C(=O)N3CCN(C)CC3)cc2)cc1F. The van der Waals surface area contributed by atoms with Crippen molar-refractivity contribution in [1.82, 2.24) is 9.80 Å². The highest BCUT2D eigenvalue weighted by Crippen LogP contribution is 2.23. The van der Waals surface area contributed by atoms with Crippen LogP contribution in [0.1, 0.15) is 10.4 Å². The Morgan fingerprint density at radius 3 is 2.29 bits per heavy atom. The van der Waals surface area contributed by atoms with E-state index in [0.29, 0.717) is 18.7 Å². The molecular formula is C19H22FN3O4S. The summed E-state index contributed by atoms with van der Waals surface area (Å²) >= 11 is 0. The standard InChI is InChI=1S/C19H22FN3O4S/c1-22-9-11-23(12-10-22)19(24)14-3-5-15(6-4-14)21-28(25,26)16-7-8-18(27-2)17(20)13-16/h3-8,13,21H,9-12H2,1-2H3. The van der Waals surface area contributed by atoms with E-state index in [1.807, 2.05) is 7.05 Å². The number of hydrogen-bond donors (Lipinski definition) is 1. The van der Waals surface area contributed by atoms with Gasteiger partial charge in [-0.2, -0.15) is 0 Å². The van der Waals surface area contributed by atoms with E-state index in [0.717, 1.165) is 19.2 Å². The first-order chi connectivity index (χ1) is 13.3. The molecule has 0 aliphatic carbocycles. The second-order valence-electron chi connectivity index (χ2n) is 6.57. The van der Waals surface area contributed by atoms with Gasteiger partial charge in [-0.15, -0.1) is 0 Å². The van der Waals surface area contributed by atoms with Crippen molar-refractivity contribution in [2.45, 2.75) is 4.90 Å². The smallest absolute Gasteiger partial charge is 0.262 e. The average Bonchev–Trinajstić information content (AvgIpc) is 2.68. The maximum Gasteiger partial charge on any atom is 0.262 e. The van der Waals surface area contributed by atoms with Crippen LogP contribution in [0.4, 0.5) is 10.1 Å². The summed E-state index contributed by atoms with van der Waals surface area (Å²) < 4.78 is 45.9. The summed E-state index contributed by atoms with van der Waals surface area (Å²) in [7, 11) is -0.654. The molecule has 1 N–H and O–H groups in total. The predicted molar refractivity (Wildman–Crippen MR) is 104 cm³/mol. The third-order valence-electron chi connectivity index (χ3n) is 4.61. The van der Waals surface area contributed by atoms with Crippen molar-refractivity contribution in [3.8, 4) is 5.75 Å². The van der Waals surface area contributed by atoms with Gasteiger partial charge in [0.15, 0.2) is 11.6 Å². The van der Waals surface area contributed by atoms with E-state index in [1.54, 1.807) is 17.0 Å². The molecule has 3 rings (SSSR count). The van der Waals surface area contributed by atoms with E-state index in [-0.39, 0.29) is 22.2 Å². The van der Waals surface area contributed by atoms with Gasteiger partial charge in [-0.05, 0) is 49.5 Å². The molecule has 1 fully saturated rings. The van der Waals surface area contributed by atoms with Crippen LogP contribution in [0.5, 0.6) is 5.75 Å². The molecule has 28 heavy (non-hydrogen) atoms. The van der Waals surface area contributed by atoms with Crippen molar-refractivity contribution < 1.29 is 22.3 Å². The predicted octanol–water partition coefficient (Wildman–Crippen LogP) is 2.02. The number of halogens is 1. The molecule has 0 aromatic heterocycles. The molecular weight excluding hydrogens is 385 g/mol. The quantitative estimate of drug-likeness (QED) is 0.821. The van der Waals surface area contributed by atoms with Gasteiger partial charge in [0.05, 0.1) is 12.0 Å². The lowest BCUT2D eigenvalue weighted by Crippen LogP contribution is -2.47. The summed E-state index contributed by atoms with van der Waals surface area (Å²) in [5.41, 5.74) is 0.772. The fraction of sp³-hybridized carbons (Fsp3) is 0.316. The number of anilines is 1. The lowest BCUT2D eigenvalue weighted by Gasteiger charge is -2.32. The molecule has 0 saturated carbocycles. The van der Waals surface area contributed by atoms with E-state index < -0.39 is 15.8 Å². The molecule has 1 aliphatic heterocycles. The molecule has 1 heterocycles. The maximum atomic E-state index is 13.8. The average molecular weight is 407 g/mol. The second kappa shape index (κ2) is 8.15. The van der Waals surface area contributed by atoms with E-state index in [4.69, 9.17) is 4.74 Å². The number of hydrogen-bond acceptors (Lipinski definition) is 5. The Morgan fingerprint density at radius 1 is 1.07 bits per heavy atom. The van der Waals surface area contributed by atoms with Crippen LogP contribution in [0.3, 0.4) is 0 Å². The zero-order valence-corrected chi connectivity index (χ0v) is 16.5. The molecule has 9 heteroatoms. The summed E-state index contributed by atoms with van der Waals surface area (Å²) in [5.74, 6) is -0.885. The van der Waals surface area contributed by atoms with Crippen molar-refractivity contribution >= 4 is 21.6 Å². The zero-order valence-electron chi connectivity index (χ0n) is 15.7. The fourth-order valence-electron chi connectivity index (χ4n) is 2.90. The Balaban J connectivity index is 1.71. The van der Waals surface area contributed by atoms with Gasteiger partial charge in [0, 0.05) is 37.4 Å². The Labute approximate surface area is 163 Å². The highest BCUT2D eigenvalue weighted by Gasteiger charge is 2.21. The number of amides is 1. The number of methoxy groups -OCH3 is 1. The van der Waals surface area contributed by atoms with Gasteiger partial charge in [-0.25, -0.2) is 12.8 Å². The van der Waals surface area contributed by atoms with Crippen LogP contribution in [-0.2, 0) is 10.0 Å². The van der Waals surface area contributed by atoms with Crippen molar-refractivity contribution in [2.24, 2.45) is 0 Å². The highest BCUT2D eigenvalue weighted by atomic mass is 32.2. The number of benzene rings is 2. The van der Waals surface area contributed by atoms with Crippen molar-refractivity contribution in [3.63, 3.8) is 0 Å². The number of ether oxygens (including phenoxy) is 1. The molecule has 1 aliphatic rings. The lowest BCUT2D eigenvalue weighted by molar-refractivity contribution is 0.0664. The van der Waals surface area contributed by atoms with Gasteiger partial charge in [0.1, 0.15) is 0 Å². The molecule has 0 bridgehead atoms. The topological polar surface area (TPSA) is 78.9 Å². The monoisotopic (exact) mass is 407 g/mol. The minimum Gasteiger partial charge on any atom is -0.494 e. The van der Waals surface area contributed by atoms with Crippen LogP contribution in [0.25, 0.3) is 0 Å². The van der Waals surface area contributed by atoms with Gasteiger partial charge in [0.2, 0.25) is 0 Å². The first-order valence-electron chi connectivity index (χ1n) is 8.74. The number of likely N-dealkylation sites (N-methyl/N-ethyl adjacent to an activating group) is 1. The lowest BCUT2D eigenvalue weighted by atomic mass is 10.1. The summed E-state index contributed by atoms with van der Waals surface area (Å²) in [4.78, 5) is 16.3. The number of carbonyl (C=O) groups is 1. The van der Waals surface area contributed by atoms with E-state index in [1.165, 1.54) is 31.4 Å². The molecule has 0 radical (unpaired) electrons. The number of nitrogens with zero attached hydrogens (tertiary/aromatic N) is 2. The first-order valence-corrected chi connectivity index (χ1v) is 10.2.